The number of carbonyl (C=O) groups excluding carboxylic acids is 1. The number of para-hydroxylation sites is 1. The molecule has 6 nitrogen and oxygen atoms in total. The number of nitrogens with one attached hydrogen (secondary N) is 1. The number of hydrogen-bond acceptors (Lipinski definition) is 6. The van der Waals surface area contributed by atoms with Crippen LogP contribution in [-0.4, -0.2) is 37.2 Å². The Labute approximate surface area is 212 Å². The van der Waals surface area contributed by atoms with Crippen LogP contribution in [0.5, 0.6) is 5.75 Å². The molecule has 3 aromatic rings. The van der Waals surface area contributed by atoms with E-state index in [1.165, 1.54) is 16.7 Å². The first-order chi connectivity index (χ1) is 17.7. The first-order valence-corrected chi connectivity index (χ1v) is 13.1. The van der Waals surface area contributed by atoms with Crippen molar-refractivity contribution in [1.82, 2.24) is 10.3 Å². The third-order valence-electron chi connectivity index (χ3n) is 7.96. The van der Waals surface area contributed by atoms with E-state index in [2.05, 4.69) is 46.6 Å². The van der Waals surface area contributed by atoms with Gasteiger partial charge in [0.15, 0.2) is 0 Å². The smallest absolute Gasteiger partial charge is 0.312 e. The Morgan fingerprint density at radius 1 is 1.14 bits per heavy atom. The summed E-state index contributed by atoms with van der Waals surface area (Å²) in [5.74, 6) is 2.13. The summed E-state index contributed by atoms with van der Waals surface area (Å²) in [5.41, 5.74) is 5.63. The number of pyridine rings is 1. The summed E-state index contributed by atoms with van der Waals surface area (Å²) >= 11 is 0. The predicted molar refractivity (Wildman–Crippen MR) is 140 cm³/mol. The highest BCUT2D eigenvalue weighted by molar-refractivity contribution is 5.81. The number of carbonyl (C=O) groups is 1. The van der Waals surface area contributed by atoms with Gasteiger partial charge >= 0.3 is 5.97 Å². The number of hydrogen-bond donors (Lipinski definition) is 1. The van der Waals surface area contributed by atoms with Crippen LogP contribution >= 0.6 is 0 Å². The average molecular weight is 484 g/mol. The topological polar surface area (TPSA) is 63.7 Å². The summed E-state index contributed by atoms with van der Waals surface area (Å²) in [6.07, 6.45) is 2.82. The molecular formula is C30H33N3O3. The molecule has 1 aliphatic carbocycles. The maximum absolute atomic E-state index is 12.4. The third-order valence-corrected chi connectivity index (χ3v) is 7.96. The Morgan fingerprint density at radius 2 is 2.06 bits per heavy atom. The van der Waals surface area contributed by atoms with Crippen molar-refractivity contribution >= 4 is 11.8 Å². The predicted octanol–water partition coefficient (Wildman–Crippen LogP) is 4.75. The molecule has 3 aliphatic rings. The van der Waals surface area contributed by atoms with Gasteiger partial charge < -0.3 is 19.7 Å². The Hall–Kier alpha value is -3.38. The molecule has 1 saturated heterocycles. The monoisotopic (exact) mass is 483 g/mol. The van der Waals surface area contributed by atoms with Crippen molar-refractivity contribution in [3.05, 3.63) is 77.4 Å². The standard InChI is InChI=1S/C30H33N3O3/c1-2-35-29(34)30-13-15-33(19-24(30)17-30)28-9-5-7-26(32-28)25-6-3-4-8-27(25)36-20-21-10-11-23-18-31-14-12-22(23)16-21/h3-11,16,24,31H,2,12-15,17-20H2,1H3/t24-,30+/m0/s1. The molecule has 0 amide bonds. The van der Waals surface area contributed by atoms with E-state index in [-0.39, 0.29) is 11.4 Å². The zero-order chi connectivity index (χ0) is 24.5. The third kappa shape index (κ3) is 4.35. The molecule has 1 N–H and O–H groups in total. The van der Waals surface area contributed by atoms with E-state index in [4.69, 9.17) is 14.5 Å². The minimum atomic E-state index is -0.252. The second kappa shape index (κ2) is 9.58. The highest BCUT2D eigenvalue weighted by atomic mass is 16.5. The molecule has 0 bridgehead atoms. The molecule has 1 aromatic heterocycles. The molecule has 2 aromatic carbocycles. The van der Waals surface area contributed by atoms with Gasteiger partial charge in [0.05, 0.1) is 17.7 Å². The second-order valence-electron chi connectivity index (χ2n) is 10.2. The summed E-state index contributed by atoms with van der Waals surface area (Å²) in [5, 5.41) is 3.43. The second-order valence-corrected chi connectivity index (χ2v) is 10.2. The molecule has 0 unspecified atom stereocenters. The Bertz CT molecular complexity index is 1280. The van der Waals surface area contributed by atoms with Crippen molar-refractivity contribution in [2.75, 3.05) is 31.1 Å². The van der Waals surface area contributed by atoms with Gasteiger partial charge in [0.1, 0.15) is 18.2 Å². The first-order valence-electron chi connectivity index (χ1n) is 13.1. The lowest BCUT2D eigenvalue weighted by molar-refractivity contribution is -0.150. The number of ether oxygens (including phenoxy) is 2. The summed E-state index contributed by atoms with van der Waals surface area (Å²) in [6, 6.07) is 21.0. The van der Waals surface area contributed by atoms with Crippen LogP contribution in [0.1, 0.15) is 36.5 Å². The summed E-state index contributed by atoms with van der Waals surface area (Å²) in [7, 11) is 0. The fourth-order valence-corrected chi connectivity index (χ4v) is 5.79. The normalized spacial score (nSPS) is 22.4. The van der Waals surface area contributed by atoms with Gasteiger partial charge in [-0.2, -0.15) is 0 Å². The Balaban J connectivity index is 1.17. The molecule has 36 heavy (non-hydrogen) atoms. The molecular weight excluding hydrogens is 450 g/mol. The minimum Gasteiger partial charge on any atom is -0.488 e. The highest BCUT2D eigenvalue weighted by Crippen LogP contribution is 2.59. The number of aromatic nitrogens is 1. The van der Waals surface area contributed by atoms with E-state index >= 15 is 0 Å². The maximum atomic E-state index is 12.4. The van der Waals surface area contributed by atoms with Crippen LogP contribution < -0.4 is 15.0 Å². The molecule has 3 heterocycles. The molecule has 0 radical (unpaired) electrons. The number of fused-ring (bicyclic) bond motifs is 2. The van der Waals surface area contributed by atoms with E-state index in [0.717, 1.165) is 68.3 Å². The fraction of sp³-hybridized carbons (Fsp3) is 0.400. The Morgan fingerprint density at radius 3 is 2.94 bits per heavy atom. The van der Waals surface area contributed by atoms with E-state index in [1.807, 2.05) is 31.2 Å². The quantitative estimate of drug-likeness (QED) is 0.489. The molecule has 1 saturated carbocycles. The average Bonchev–Trinajstić information content (AvgIpc) is 3.68. The lowest BCUT2D eigenvalue weighted by Crippen LogP contribution is -2.38. The van der Waals surface area contributed by atoms with Crippen LogP contribution in [0.3, 0.4) is 0 Å². The molecule has 2 aliphatic heterocycles. The van der Waals surface area contributed by atoms with Crippen molar-refractivity contribution in [3.8, 4) is 17.0 Å². The van der Waals surface area contributed by atoms with Gasteiger partial charge in [-0.3, -0.25) is 4.79 Å². The van der Waals surface area contributed by atoms with Gasteiger partial charge in [0.2, 0.25) is 0 Å². The van der Waals surface area contributed by atoms with E-state index < -0.39 is 0 Å². The number of esters is 1. The molecule has 6 rings (SSSR count). The van der Waals surface area contributed by atoms with Crippen LogP contribution in [0.2, 0.25) is 0 Å². The molecule has 2 atom stereocenters. The summed E-state index contributed by atoms with van der Waals surface area (Å²) < 4.78 is 11.7. The van der Waals surface area contributed by atoms with Gasteiger partial charge in [-0.15, -0.1) is 0 Å². The van der Waals surface area contributed by atoms with Crippen molar-refractivity contribution in [1.29, 1.82) is 0 Å². The summed E-state index contributed by atoms with van der Waals surface area (Å²) in [4.78, 5) is 19.8. The lowest BCUT2D eigenvalue weighted by atomic mass is 9.95. The lowest BCUT2D eigenvalue weighted by Gasteiger charge is -2.31. The van der Waals surface area contributed by atoms with Crippen molar-refractivity contribution in [2.24, 2.45) is 11.3 Å². The zero-order valence-electron chi connectivity index (χ0n) is 20.8. The van der Waals surface area contributed by atoms with E-state index in [1.54, 1.807) is 0 Å². The van der Waals surface area contributed by atoms with Gasteiger partial charge in [-0.05, 0) is 79.6 Å². The largest absolute Gasteiger partial charge is 0.488 e. The van der Waals surface area contributed by atoms with Crippen molar-refractivity contribution < 1.29 is 14.3 Å². The van der Waals surface area contributed by atoms with Gasteiger partial charge in [-0.25, -0.2) is 4.98 Å². The van der Waals surface area contributed by atoms with E-state index in [9.17, 15) is 4.79 Å². The van der Waals surface area contributed by atoms with Crippen LogP contribution in [0.15, 0.2) is 60.7 Å². The number of rotatable bonds is 7. The van der Waals surface area contributed by atoms with Gasteiger partial charge in [-0.1, -0.05) is 36.4 Å². The SMILES string of the molecule is CCOC(=O)[C@@]12CCN(c3cccc(-c4ccccc4OCc4ccc5c(c4)CCNC5)n3)C[C@@H]1C2. The number of benzene rings is 2. The first kappa shape index (κ1) is 23.0. The zero-order valence-corrected chi connectivity index (χ0v) is 20.8. The molecule has 0 spiro atoms. The molecule has 2 fully saturated rings. The van der Waals surface area contributed by atoms with Crippen LogP contribution in [0, 0.1) is 11.3 Å². The number of nitrogens with zero attached hydrogens (tertiary/aromatic N) is 2. The summed E-state index contributed by atoms with van der Waals surface area (Å²) in [6.45, 7) is 6.50. The van der Waals surface area contributed by atoms with Crippen molar-refractivity contribution in [3.63, 3.8) is 0 Å². The number of anilines is 1. The van der Waals surface area contributed by atoms with Crippen LogP contribution in [-0.2, 0) is 29.1 Å². The Kier molecular flexibility index (Phi) is 6.13. The van der Waals surface area contributed by atoms with Crippen LogP contribution in [0.25, 0.3) is 11.3 Å². The maximum Gasteiger partial charge on any atom is 0.312 e. The fourth-order valence-electron chi connectivity index (χ4n) is 5.79. The van der Waals surface area contributed by atoms with Crippen LogP contribution in [0.4, 0.5) is 5.82 Å². The molecule has 186 valence electrons. The van der Waals surface area contributed by atoms with E-state index in [0.29, 0.717) is 19.1 Å². The highest BCUT2D eigenvalue weighted by Gasteiger charge is 2.63. The molecule has 6 heteroatoms. The van der Waals surface area contributed by atoms with Crippen molar-refractivity contribution in [2.45, 2.75) is 39.3 Å². The van der Waals surface area contributed by atoms with Gasteiger partial charge in [0, 0.05) is 25.2 Å². The number of piperidine rings is 1. The minimum absolute atomic E-state index is 0.0157. The van der Waals surface area contributed by atoms with Gasteiger partial charge in [0.25, 0.3) is 0 Å².